The first kappa shape index (κ1) is 23.5. The van der Waals surface area contributed by atoms with E-state index in [1.807, 2.05) is 81.9 Å². The molecule has 0 aliphatic rings. The van der Waals surface area contributed by atoms with E-state index in [1.54, 1.807) is 6.08 Å². The number of amides is 1. The normalized spacial score (nSPS) is 11.3. The Kier molecular flexibility index (Phi) is 8.41. The topological polar surface area (TPSA) is 63.7 Å². The number of thiazole rings is 1. The summed E-state index contributed by atoms with van der Waals surface area (Å²) in [6.45, 7) is 5.37. The van der Waals surface area contributed by atoms with Crippen LogP contribution in [0.3, 0.4) is 0 Å². The van der Waals surface area contributed by atoms with Gasteiger partial charge >= 0.3 is 0 Å². The van der Waals surface area contributed by atoms with Crippen LogP contribution in [0.2, 0.25) is 0 Å². The molecule has 2 aromatic carbocycles. The lowest BCUT2D eigenvalue weighted by Gasteiger charge is -2.13. The predicted molar refractivity (Wildman–Crippen MR) is 131 cm³/mol. The van der Waals surface area contributed by atoms with E-state index in [4.69, 9.17) is 9.47 Å². The number of anilines is 1. The molecule has 0 unspecified atom stereocenters. The van der Waals surface area contributed by atoms with Crippen molar-refractivity contribution in [2.75, 3.05) is 32.6 Å². The highest BCUT2D eigenvalue weighted by Crippen LogP contribution is 2.32. The van der Waals surface area contributed by atoms with Crippen molar-refractivity contribution >= 4 is 28.5 Å². The van der Waals surface area contributed by atoms with Crippen molar-refractivity contribution in [1.29, 1.82) is 0 Å². The van der Waals surface area contributed by atoms with Gasteiger partial charge in [0.05, 0.1) is 11.8 Å². The van der Waals surface area contributed by atoms with Crippen LogP contribution in [0, 0.1) is 0 Å². The Balaban J connectivity index is 1.63. The Morgan fingerprint density at radius 2 is 2.00 bits per heavy atom. The number of ether oxygens (including phenoxy) is 2. The Labute approximate surface area is 193 Å². The number of aromatic nitrogens is 1. The summed E-state index contributed by atoms with van der Waals surface area (Å²) in [6.07, 6.45) is 3.35. The fraction of sp³-hybridized carbons (Fsp3) is 0.280. The summed E-state index contributed by atoms with van der Waals surface area (Å²) in [6, 6.07) is 15.4. The molecule has 0 atom stereocenters. The maximum absolute atomic E-state index is 12.4. The third-order valence-electron chi connectivity index (χ3n) is 4.35. The number of carbonyl (C=O) groups is 1. The molecule has 0 bridgehead atoms. The minimum Gasteiger partial charge on any atom is -0.492 e. The molecule has 0 saturated heterocycles. The fourth-order valence-electron chi connectivity index (χ4n) is 2.88. The molecule has 1 amide bonds. The molecule has 0 spiro atoms. The maximum atomic E-state index is 12.4. The molecule has 0 saturated carbocycles. The number of nitrogens with one attached hydrogen (secondary N) is 1. The van der Waals surface area contributed by atoms with Gasteiger partial charge in [0.25, 0.3) is 0 Å². The summed E-state index contributed by atoms with van der Waals surface area (Å²) >= 11 is 1.38. The third kappa shape index (κ3) is 7.21. The number of benzene rings is 2. The lowest BCUT2D eigenvalue weighted by atomic mass is 10.1. The molecule has 0 radical (unpaired) electrons. The van der Waals surface area contributed by atoms with Gasteiger partial charge in [-0.25, -0.2) is 4.98 Å². The van der Waals surface area contributed by atoms with Gasteiger partial charge in [-0.3, -0.25) is 10.1 Å². The molecule has 0 aliphatic heterocycles. The molecule has 7 heteroatoms. The molecule has 0 aliphatic carbocycles. The highest BCUT2D eigenvalue weighted by atomic mass is 32.1. The van der Waals surface area contributed by atoms with E-state index >= 15 is 0 Å². The van der Waals surface area contributed by atoms with Gasteiger partial charge in [-0.1, -0.05) is 24.3 Å². The fourth-order valence-corrected chi connectivity index (χ4v) is 3.59. The molecule has 6 nitrogen and oxygen atoms in total. The van der Waals surface area contributed by atoms with Crippen LogP contribution in [0.25, 0.3) is 17.3 Å². The second-order valence-corrected chi connectivity index (χ2v) is 8.61. The van der Waals surface area contributed by atoms with Gasteiger partial charge in [0.2, 0.25) is 5.91 Å². The number of hydrogen-bond acceptors (Lipinski definition) is 6. The number of para-hydroxylation sites is 1. The van der Waals surface area contributed by atoms with E-state index in [0.29, 0.717) is 11.7 Å². The zero-order chi connectivity index (χ0) is 22.9. The van der Waals surface area contributed by atoms with Gasteiger partial charge in [-0.2, -0.15) is 0 Å². The first-order chi connectivity index (χ1) is 15.4. The van der Waals surface area contributed by atoms with Crippen molar-refractivity contribution in [2.45, 2.75) is 20.0 Å². The SMILES string of the molecule is CC(C)Oc1cccc(/C=C/C(=O)Nc2nc(-c3ccccc3OCCN(C)C)cs2)c1. The highest BCUT2D eigenvalue weighted by molar-refractivity contribution is 7.14. The molecule has 32 heavy (non-hydrogen) atoms. The molecule has 3 aromatic rings. The summed E-state index contributed by atoms with van der Waals surface area (Å²) in [7, 11) is 4.02. The van der Waals surface area contributed by atoms with Crippen molar-refractivity contribution in [3.05, 3.63) is 65.6 Å². The molecular formula is C25H29N3O3S. The van der Waals surface area contributed by atoms with Crippen LogP contribution in [-0.2, 0) is 4.79 Å². The minimum atomic E-state index is -0.239. The molecule has 1 N–H and O–H groups in total. The Bertz CT molecular complexity index is 1060. The summed E-state index contributed by atoms with van der Waals surface area (Å²) < 4.78 is 11.6. The quantitative estimate of drug-likeness (QED) is 0.430. The number of nitrogens with zero attached hydrogens (tertiary/aromatic N) is 2. The second kappa shape index (κ2) is 11.5. The Morgan fingerprint density at radius 3 is 2.78 bits per heavy atom. The number of carbonyl (C=O) groups excluding carboxylic acids is 1. The Morgan fingerprint density at radius 1 is 1.19 bits per heavy atom. The molecule has 3 rings (SSSR count). The van der Waals surface area contributed by atoms with Crippen LogP contribution in [-0.4, -0.2) is 49.1 Å². The summed E-state index contributed by atoms with van der Waals surface area (Å²) in [5, 5.41) is 5.28. The second-order valence-electron chi connectivity index (χ2n) is 7.75. The summed E-state index contributed by atoms with van der Waals surface area (Å²) in [4.78, 5) is 19.0. The minimum absolute atomic E-state index is 0.0974. The van der Waals surface area contributed by atoms with Crippen LogP contribution in [0.5, 0.6) is 11.5 Å². The largest absolute Gasteiger partial charge is 0.492 e. The van der Waals surface area contributed by atoms with E-state index < -0.39 is 0 Å². The molecule has 1 heterocycles. The van der Waals surface area contributed by atoms with Gasteiger partial charge < -0.3 is 14.4 Å². The average molecular weight is 452 g/mol. The van der Waals surface area contributed by atoms with E-state index in [2.05, 4.69) is 15.2 Å². The lowest BCUT2D eigenvalue weighted by Crippen LogP contribution is -2.19. The summed E-state index contributed by atoms with van der Waals surface area (Å²) in [5.41, 5.74) is 2.57. The first-order valence-corrected chi connectivity index (χ1v) is 11.4. The van der Waals surface area contributed by atoms with Crippen molar-refractivity contribution in [3.8, 4) is 22.8 Å². The Hall–Kier alpha value is -3.16. The molecule has 1 aromatic heterocycles. The average Bonchev–Trinajstić information content (AvgIpc) is 3.20. The van der Waals surface area contributed by atoms with Crippen LogP contribution < -0.4 is 14.8 Å². The summed E-state index contributed by atoms with van der Waals surface area (Å²) in [5.74, 6) is 1.32. The monoisotopic (exact) mass is 451 g/mol. The van der Waals surface area contributed by atoms with Gasteiger partial charge in [0.1, 0.15) is 18.1 Å². The maximum Gasteiger partial charge on any atom is 0.250 e. The predicted octanol–water partition coefficient (Wildman–Crippen LogP) is 5.19. The molecule has 168 valence electrons. The first-order valence-electron chi connectivity index (χ1n) is 10.5. The van der Waals surface area contributed by atoms with Gasteiger partial charge in [-0.15, -0.1) is 11.3 Å². The number of likely N-dealkylation sites (N-methyl/N-ethyl adjacent to an activating group) is 1. The van der Waals surface area contributed by atoms with Gasteiger partial charge in [0, 0.05) is 23.6 Å². The standard InChI is InChI=1S/C25H29N3O3S/c1-18(2)31-20-9-7-8-19(16-20)12-13-24(29)27-25-26-22(17-32-25)21-10-5-6-11-23(21)30-15-14-28(3)4/h5-13,16-18H,14-15H2,1-4H3,(H,26,27,29)/b13-12+. The van der Waals surface area contributed by atoms with Gasteiger partial charge in [-0.05, 0) is 63.8 Å². The highest BCUT2D eigenvalue weighted by Gasteiger charge is 2.11. The van der Waals surface area contributed by atoms with Crippen molar-refractivity contribution < 1.29 is 14.3 Å². The van der Waals surface area contributed by atoms with Crippen LogP contribution in [0.15, 0.2) is 60.0 Å². The van der Waals surface area contributed by atoms with E-state index in [-0.39, 0.29) is 12.0 Å². The zero-order valence-corrected chi connectivity index (χ0v) is 19.7. The van der Waals surface area contributed by atoms with Crippen molar-refractivity contribution in [1.82, 2.24) is 9.88 Å². The van der Waals surface area contributed by atoms with Gasteiger partial charge in [0.15, 0.2) is 5.13 Å². The van der Waals surface area contributed by atoms with E-state index in [9.17, 15) is 4.79 Å². The van der Waals surface area contributed by atoms with Crippen LogP contribution in [0.4, 0.5) is 5.13 Å². The number of rotatable bonds is 10. The molecule has 0 fully saturated rings. The van der Waals surface area contributed by atoms with E-state index in [0.717, 1.165) is 34.9 Å². The van der Waals surface area contributed by atoms with E-state index in [1.165, 1.54) is 17.4 Å². The van der Waals surface area contributed by atoms with Crippen molar-refractivity contribution in [2.24, 2.45) is 0 Å². The third-order valence-corrected chi connectivity index (χ3v) is 5.11. The lowest BCUT2D eigenvalue weighted by molar-refractivity contribution is -0.111. The van der Waals surface area contributed by atoms with Crippen molar-refractivity contribution in [3.63, 3.8) is 0 Å². The van der Waals surface area contributed by atoms with Crippen LogP contribution in [0.1, 0.15) is 19.4 Å². The van der Waals surface area contributed by atoms with Crippen LogP contribution >= 0.6 is 11.3 Å². The zero-order valence-electron chi connectivity index (χ0n) is 18.9. The molecular weight excluding hydrogens is 422 g/mol. The number of hydrogen-bond donors (Lipinski definition) is 1. The smallest absolute Gasteiger partial charge is 0.250 e.